The molecule has 3 rings (SSSR count). The lowest BCUT2D eigenvalue weighted by molar-refractivity contribution is -0.123. The molecule has 0 spiro atoms. The summed E-state index contributed by atoms with van der Waals surface area (Å²) in [5.41, 5.74) is 11.5. The highest BCUT2D eigenvalue weighted by Crippen LogP contribution is 2.26. The van der Waals surface area contributed by atoms with Gasteiger partial charge in [-0.05, 0) is 35.9 Å². The number of hydrogen-bond donors (Lipinski definition) is 4. The van der Waals surface area contributed by atoms with Crippen LogP contribution in [0.25, 0.3) is 0 Å². The van der Waals surface area contributed by atoms with E-state index in [0.717, 1.165) is 5.56 Å². The van der Waals surface area contributed by atoms with Crippen molar-refractivity contribution in [1.29, 1.82) is 0 Å². The van der Waals surface area contributed by atoms with Crippen LogP contribution in [0.4, 0.5) is 8.78 Å². The molecule has 0 aliphatic carbocycles. The van der Waals surface area contributed by atoms with Gasteiger partial charge >= 0.3 is 0 Å². The summed E-state index contributed by atoms with van der Waals surface area (Å²) in [6.07, 6.45) is 1.81. The van der Waals surface area contributed by atoms with E-state index in [4.69, 9.17) is 0 Å². The Morgan fingerprint density at radius 1 is 1.11 bits per heavy atom. The van der Waals surface area contributed by atoms with Gasteiger partial charge in [-0.3, -0.25) is 20.4 Å². The van der Waals surface area contributed by atoms with E-state index in [-0.39, 0.29) is 28.4 Å². The van der Waals surface area contributed by atoms with Gasteiger partial charge in [-0.1, -0.05) is 30.3 Å². The summed E-state index contributed by atoms with van der Waals surface area (Å²) in [4.78, 5) is 28.2. The third kappa shape index (κ3) is 5.00. The van der Waals surface area contributed by atoms with Crippen LogP contribution in [-0.4, -0.2) is 28.6 Å². The van der Waals surface area contributed by atoms with Gasteiger partial charge in [0.25, 0.3) is 17.6 Å². The fraction of sp³-hybridized carbons (Fsp3) is 0.235. The Morgan fingerprint density at radius 2 is 1.89 bits per heavy atom. The Morgan fingerprint density at radius 3 is 2.63 bits per heavy atom. The zero-order chi connectivity index (χ0) is 19.2. The fourth-order valence-electron chi connectivity index (χ4n) is 2.65. The minimum atomic E-state index is -2.70. The molecule has 7 nitrogen and oxygen atoms in total. The third-order valence-electron chi connectivity index (χ3n) is 3.94. The topological polar surface area (TPSA) is 95.2 Å². The molecule has 0 saturated carbocycles. The number of carbonyl (C=O) groups excluding carboxylic acids is 2. The molecule has 2 unspecified atom stereocenters. The van der Waals surface area contributed by atoms with Gasteiger partial charge < -0.3 is 0 Å². The molecule has 2 amide bonds. The molecule has 2 aromatic rings. The Balaban J connectivity index is 1.55. The van der Waals surface area contributed by atoms with Crippen molar-refractivity contribution in [3.63, 3.8) is 0 Å². The molecular formula is C17H17F2N5O2S. The van der Waals surface area contributed by atoms with Crippen LogP contribution in [0.2, 0.25) is 0 Å². The van der Waals surface area contributed by atoms with Crippen molar-refractivity contribution in [2.75, 3.05) is 0 Å². The van der Waals surface area contributed by atoms with E-state index in [0.29, 0.717) is 6.42 Å². The van der Waals surface area contributed by atoms with Crippen molar-refractivity contribution in [2.45, 2.75) is 29.3 Å². The Hall–Kier alpha value is -2.56. The van der Waals surface area contributed by atoms with Gasteiger partial charge in [0, 0.05) is 12.2 Å². The Bertz CT molecular complexity index is 809. The number of rotatable bonds is 5. The molecule has 1 fully saturated rings. The van der Waals surface area contributed by atoms with Crippen LogP contribution in [0, 0.1) is 0 Å². The van der Waals surface area contributed by atoms with E-state index in [9.17, 15) is 18.4 Å². The number of carbonyl (C=O) groups is 2. The number of nitrogens with one attached hydrogen (secondary N) is 4. The van der Waals surface area contributed by atoms with Crippen molar-refractivity contribution in [1.82, 2.24) is 26.7 Å². The summed E-state index contributed by atoms with van der Waals surface area (Å²) >= 11 is 0.171. The molecule has 142 valence electrons. The fourth-order valence-corrected chi connectivity index (χ4v) is 3.23. The Labute approximate surface area is 158 Å². The van der Waals surface area contributed by atoms with Gasteiger partial charge in [-0.2, -0.15) is 8.78 Å². The van der Waals surface area contributed by atoms with E-state index in [1.807, 2.05) is 30.3 Å². The van der Waals surface area contributed by atoms with Crippen LogP contribution < -0.4 is 21.7 Å². The average molecular weight is 393 g/mol. The zero-order valence-electron chi connectivity index (χ0n) is 14.0. The first kappa shape index (κ1) is 19.2. The second-order valence-electron chi connectivity index (χ2n) is 5.72. The molecule has 10 heteroatoms. The smallest absolute Gasteiger partial charge is 0.271 e. The summed E-state index contributed by atoms with van der Waals surface area (Å²) < 4.78 is 25.1. The van der Waals surface area contributed by atoms with E-state index in [1.54, 1.807) is 0 Å². The number of amides is 2. The van der Waals surface area contributed by atoms with Crippen LogP contribution in [0.1, 0.15) is 28.4 Å². The number of halogens is 2. The van der Waals surface area contributed by atoms with Crippen LogP contribution >= 0.6 is 11.8 Å². The molecule has 0 bridgehead atoms. The van der Waals surface area contributed by atoms with Crippen LogP contribution in [0.3, 0.4) is 0 Å². The van der Waals surface area contributed by atoms with Crippen LogP contribution in [0.5, 0.6) is 0 Å². The number of benzene rings is 1. The predicted octanol–water partition coefficient (Wildman–Crippen LogP) is 1.77. The molecule has 1 aliphatic rings. The zero-order valence-corrected chi connectivity index (χ0v) is 14.8. The first-order chi connectivity index (χ1) is 13.0. The lowest BCUT2D eigenvalue weighted by atomic mass is 10.0. The molecule has 2 atom stereocenters. The summed E-state index contributed by atoms with van der Waals surface area (Å²) in [6.45, 7) is 0. The number of alkyl halides is 2. The van der Waals surface area contributed by atoms with Crippen LogP contribution in [-0.2, 0) is 4.79 Å². The van der Waals surface area contributed by atoms with Gasteiger partial charge in [0.2, 0.25) is 0 Å². The van der Waals surface area contributed by atoms with Crippen molar-refractivity contribution in [2.24, 2.45) is 0 Å². The van der Waals surface area contributed by atoms with Gasteiger partial charge in [0.15, 0.2) is 0 Å². The van der Waals surface area contributed by atoms with Crippen LogP contribution in [0.15, 0.2) is 53.7 Å². The highest BCUT2D eigenvalue weighted by Gasteiger charge is 2.30. The molecular weight excluding hydrogens is 376 g/mol. The minimum Gasteiger partial charge on any atom is -0.271 e. The van der Waals surface area contributed by atoms with Crippen molar-refractivity contribution >= 4 is 23.6 Å². The highest BCUT2D eigenvalue weighted by molar-refractivity contribution is 7.99. The average Bonchev–Trinajstić information content (AvgIpc) is 3.17. The normalized spacial score (nSPS) is 19.1. The van der Waals surface area contributed by atoms with Crippen molar-refractivity contribution in [3.8, 4) is 0 Å². The third-order valence-corrected chi connectivity index (χ3v) is 4.66. The highest BCUT2D eigenvalue weighted by atomic mass is 32.2. The van der Waals surface area contributed by atoms with E-state index in [2.05, 4.69) is 26.7 Å². The first-order valence-corrected chi connectivity index (χ1v) is 8.98. The standard InChI is InChI=1S/C17H17F2N5O2S/c18-17(19)27-16-11(7-4-8-20-16)14(25)23-24-15(26)13-9-12(21-22-13)10-5-2-1-3-6-10/h1-8,12-13,17,21-22H,9H2,(H,23,25)(H,24,26). The van der Waals surface area contributed by atoms with Crippen molar-refractivity contribution < 1.29 is 18.4 Å². The number of nitrogens with zero attached hydrogens (tertiary/aromatic N) is 1. The quantitative estimate of drug-likeness (QED) is 0.457. The summed E-state index contributed by atoms with van der Waals surface area (Å²) in [5.74, 6) is -3.86. The molecule has 1 aromatic heterocycles. The number of pyridine rings is 1. The van der Waals surface area contributed by atoms with Gasteiger partial charge in [-0.25, -0.2) is 15.8 Å². The molecule has 0 radical (unpaired) electrons. The lowest BCUT2D eigenvalue weighted by Crippen LogP contribution is -2.50. The first-order valence-electron chi connectivity index (χ1n) is 8.10. The van der Waals surface area contributed by atoms with Gasteiger partial charge in [0.1, 0.15) is 11.1 Å². The van der Waals surface area contributed by atoms with E-state index >= 15 is 0 Å². The molecule has 1 saturated heterocycles. The maximum Gasteiger partial charge on any atom is 0.290 e. The maximum absolute atomic E-state index is 12.6. The van der Waals surface area contributed by atoms with E-state index in [1.165, 1.54) is 18.3 Å². The maximum atomic E-state index is 12.6. The predicted molar refractivity (Wildman–Crippen MR) is 95.6 cm³/mol. The molecule has 1 aromatic carbocycles. The molecule has 4 N–H and O–H groups in total. The monoisotopic (exact) mass is 393 g/mol. The van der Waals surface area contributed by atoms with Crippen molar-refractivity contribution in [3.05, 3.63) is 59.8 Å². The minimum absolute atomic E-state index is 0.0370. The van der Waals surface area contributed by atoms with E-state index < -0.39 is 23.6 Å². The number of thioether (sulfide) groups is 1. The summed E-state index contributed by atoms with van der Waals surface area (Å²) in [5, 5.41) is -0.107. The summed E-state index contributed by atoms with van der Waals surface area (Å²) in [6, 6.07) is 11.9. The SMILES string of the molecule is O=C(NNC(=O)C1CC(c2ccccc2)NN1)c1cccnc1SC(F)F. The second kappa shape index (κ2) is 8.89. The molecule has 2 heterocycles. The molecule has 1 aliphatic heterocycles. The number of hydrazine groups is 2. The second-order valence-corrected chi connectivity index (χ2v) is 6.70. The molecule has 27 heavy (non-hydrogen) atoms. The largest absolute Gasteiger partial charge is 0.290 e. The Kier molecular flexibility index (Phi) is 6.32. The number of aromatic nitrogens is 1. The van der Waals surface area contributed by atoms with Gasteiger partial charge in [-0.15, -0.1) is 0 Å². The summed E-state index contributed by atoms with van der Waals surface area (Å²) in [7, 11) is 0. The van der Waals surface area contributed by atoms with Gasteiger partial charge in [0.05, 0.1) is 5.56 Å². The lowest BCUT2D eigenvalue weighted by Gasteiger charge is -2.13. The number of hydrogen-bond acceptors (Lipinski definition) is 6.